The highest BCUT2D eigenvalue weighted by atomic mass is 35.5. The van der Waals surface area contributed by atoms with Gasteiger partial charge in [-0.15, -0.1) is 0 Å². The summed E-state index contributed by atoms with van der Waals surface area (Å²) in [4.78, 5) is 15.1. The van der Waals surface area contributed by atoms with E-state index in [-0.39, 0.29) is 12.1 Å². The SMILES string of the molecule is O=C(O)c1ccncc1NCC1(O)CCOc2cc(Cl)ccc21. The zero-order valence-electron chi connectivity index (χ0n) is 12.1. The molecule has 7 heteroatoms. The maximum absolute atomic E-state index is 11.2. The molecule has 2 aromatic rings. The molecule has 0 saturated heterocycles. The molecule has 1 atom stereocenters. The first kappa shape index (κ1) is 15.6. The number of carboxylic acids is 1. The molecule has 1 aromatic heterocycles. The number of anilines is 1. The van der Waals surface area contributed by atoms with E-state index in [1.165, 1.54) is 18.5 Å². The number of nitrogens with zero attached hydrogens (tertiary/aromatic N) is 1. The first-order valence-corrected chi connectivity index (χ1v) is 7.44. The lowest BCUT2D eigenvalue weighted by Gasteiger charge is -2.35. The zero-order valence-corrected chi connectivity index (χ0v) is 12.9. The van der Waals surface area contributed by atoms with Crippen LogP contribution in [0.3, 0.4) is 0 Å². The smallest absolute Gasteiger partial charge is 0.337 e. The molecule has 1 aromatic carbocycles. The maximum Gasteiger partial charge on any atom is 0.337 e. The lowest BCUT2D eigenvalue weighted by molar-refractivity contribution is 0.00910. The lowest BCUT2D eigenvalue weighted by Crippen LogP contribution is -2.39. The summed E-state index contributed by atoms with van der Waals surface area (Å²) in [5, 5.41) is 23.6. The molecule has 0 bridgehead atoms. The van der Waals surface area contributed by atoms with Crippen LogP contribution in [0.15, 0.2) is 36.7 Å². The first-order chi connectivity index (χ1) is 11.0. The van der Waals surface area contributed by atoms with Crippen molar-refractivity contribution in [2.45, 2.75) is 12.0 Å². The Bertz CT molecular complexity index is 753. The molecular weight excluding hydrogens is 320 g/mol. The van der Waals surface area contributed by atoms with Crippen molar-refractivity contribution in [3.63, 3.8) is 0 Å². The highest BCUT2D eigenvalue weighted by Crippen LogP contribution is 2.38. The molecule has 6 nitrogen and oxygen atoms in total. The fourth-order valence-corrected chi connectivity index (χ4v) is 2.77. The molecule has 1 unspecified atom stereocenters. The van der Waals surface area contributed by atoms with Crippen LogP contribution in [-0.2, 0) is 5.60 Å². The summed E-state index contributed by atoms with van der Waals surface area (Å²) < 4.78 is 5.54. The number of pyridine rings is 1. The van der Waals surface area contributed by atoms with Crippen molar-refractivity contribution in [3.05, 3.63) is 52.8 Å². The Kier molecular flexibility index (Phi) is 4.11. The van der Waals surface area contributed by atoms with E-state index in [0.717, 1.165) is 0 Å². The third-order valence-electron chi connectivity index (χ3n) is 3.84. The van der Waals surface area contributed by atoms with Gasteiger partial charge in [0.1, 0.15) is 11.4 Å². The minimum Gasteiger partial charge on any atom is -0.493 e. The molecule has 23 heavy (non-hydrogen) atoms. The molecule has 0 amide bonds. The number of hydrogen-bond donors (Lipinski definition) is 3. The number of benzene rings is 1. The Morgan fingerprint density at radius 1 is 1.43 bits per heavy atom. The van der Waals surface area contributed by atoms with E-state index in [0.29, 0.717) is 35.1 Å². The van der Waals surface area contributed by atoms with E-state index >= 15 is 0 Å². The van der Waals surface area contributed by atoms with E-state index < -0.39 is 11.6 Å². The number of carbonyl (C=O) groups is 1. The summed E-state index contributed by atoms with van der Waals surface area (Å²) in [6.45, 7) is 0.487. The number of aliphatic hydroxyl groups is 1. The molecule has 0 radical (unpaired) electrons. The fraction of sp³-hybridized carbons (Fsp3) is 0.250. The van der Waals surface area contributed by atoms with Crippen molar-refractivity contribution >= 4 is 23.3 Å². The second-order valence-electron chi connectivity index (χ2n) is 5.35. The minimum absolute atomic E-state index is 0.104. The summed E-state index contributed by atoms with van der Waals surface area (Å²) in [5.41, 5.74) is -0.0899. The van der Waals surface area contributed by atoms with Gasteiger partial charge in [0.2, 0.25) is 0 Å². The van der Waals surface area contributed by atoms with Crippen molar-refractivity contribution < 1.29 is 19.7 Å². The Balaban J connectivity index is 1.86. The number of ether oxygens (including phenoxy) is 1. The number of fused-ring (bicyclic) bond motifs is 1. The topological polar surface area (TPSA) is 91.7 Å². The third kappa shape index (κ3) is 3.09. The van der Waals surface area contributed by atoms with E-state index in [4.69, 9.17) is 16.3 Å². The van der Waals surface area contributed by atoms with Crippen molar-refractivity contribution in [2.24, 2.45) is 0 Å². The van der Waals surface area contributed by atoms with E-state index in [1.807, 2.05) is 0 Å². The average molecular weight is 335 g/mol. The van der Waals surface area contributed by atoms with Gasteiger partial charge >= 0.3 is 5.97 Å². The Labute approximate surface area is 137 Å². The number of carboxylic acid groups (broad SMARTS) is 1. The van der Waals surface area contributed by atoms with Crippen LogP contribution >= 0.6 is 11.6 Å². The quantitative estimate of drug-likeness (QED) is 0.795. The number of aromatic nitrogens is 1. The van der Waals surface area contributed by atoms with Crippen LogP contribution in [0.5, 0.6) is 5.75 Å². The molecule has 1 aliphatic heterocycles. The van der Waals surface area contributed by atoms with E-state index in [9.17, 15) is 15.0 Å². The minimum atomic E-state index is -1.18. The lowest BCUT2D eigenvalue weighted by atomic mass is 9.88. The largest absolute Gasteiger partial charge is 0.493 e. The number of halogens is 1. The molecule has 0 aliphatic carbocycles. The van der Waals surface area contributed by atoms with Crippen molar-refractivity contribution in [3.8, 4) is 5.75 Å². The maximum atomic E-state index is 11.2. The molecule has 0 saturated carbocycles. The van der Waals surface area contributed by atoms with Gasteiger partial charge in [-0.05, 0) is 18.2 Å². The summed E-state index contributed by atoms with van der Waals surface area (Å²) in [6.07, 6.45) is 3.22. The number of aromatic carboxylic acids is 1. The van der Waals surface area contributed by atoms with Gasteiger partial charge in [-0.1, -0.05) is 17.7 Å². The highest BCUT2D eigenvalue weighted by Gasteiger charge is 2.36. The molecule has 1 aliphatic rings. The van der Waals surface area contributed by atoms with Crippen LogP contribution in [0.25, 0.3) is 0 Å². The van der Waals surface area contributed by atoms with Crippen molar-refractivity contribution in [2.75, 3.05) is 18.5 Å². The Morgan fingerprint density at radius 3 is 3.04 bits per heavy atom. The van der Waals surface area contributed by atoms with Crippen LogP contribution in [0, 0.1) is 0 Å². The number of hydrogen-bond acceptors (Lipinski definition) is 5. The van der Waals surface area contributed by atoms with Crippen LogP contribution in [0.4, 0.5) is 5.69 Å². The van der Waals surface area contributed by atoms with E-state index in [2.05, 4.69) is 10.3 Å². The van der Waals surface area contributed by atoms with Crippen LogP contribution in [0.2, 0.25) is 5.02 Å². The normalized spacial score (nSPS) is 19.6. The molecule has 2 heterocycles. The molecular formula is C16H15ClN2O4. The highest BCUT2D eigenvalue weighted by molar-refractivity contribution is 6.30. The summed E-state index contributed by atoms with van der Waals surface area (Å²) in [5.74, 6) is -0.515. The van der Waals surface area contributed by atoms with Gasteiger partial charge in [-0.3, -0.25) is 4.98 Å². The standard InChI is InChI=1S/C16H15ClN2O4/c17-10-1-2-12-14(7-10)23-6-4-16(12,22)9-19-13-8-18-5-3-11(13)15(20)21/h1-3,5,7-8,19,22H,4,6,9H2,(H,20,21). The fourth-order valence-electron chi connectivity index (χ4n) is 2.61. The zero-order chi connectivity index (χ0) is 16.4. The van der Waals surface area contributed by atoms with Gasteiger partial charge in [0.15, 0.2) is 0 Å². The summed E-state index contributed by atoms with van der Waals surface area (Å²) in [6, 6.07) is 6.48. The number of rotatable bonds is 4. The summed E-state index contributed by atoms with van der Waals surface area (Å²) >= 11 is 5.95. The molecule has 3 N–H and O–H groups in total. The van der Waals surface area contributed by atoms with Gasteiger partial charge in [0.05, 0.1) is 24.1 Å². The molecule has 0 fully saturated rings. The molecule has 120 valence electrons. The third-order valence-corrected chi connectivity index (χ3v) is 4.08. The van der Waals surface area contributed by atoms with Gasteiger partial charge < -0.3 is 20.3 Å². The van der Waals surface area contributed by atoms with Crippen molar-refractivity contribution in [1.82, 2.24) is 4.98 Å². The Hall–Kier alpha value is -2.31. The monoisotopic (exact) mass is 334 g/mol. The predicted octanol–water partition coefficient (Wildman–Crippen LogP) is 2.52. The van der Waals surface area contributed by atoms with Gasteiger partial charge in [0.25, 0.3) is 0 Å². The summed E-state index contributed by atoms with van der Waals surface area (Å²) in [7, 11) is 0. The van der Waals surface area contributed by atoms with Gasteiger partial charge in [0, 0.05) is 29.7 Å². The van der Waals surface area contributed by atoms with Crippen LogP contribution in [0.1, 0.15) is 22.3 Å². The Morgan fingerprint density at radius 2 is 2.26 bits per heavy atom. The first-order valence-electron chi connectivity index (χ1n) is 7.06. The van der Waals surface area contributed by atoms with Crippen molar-refractivity contribution in [1.29, 1.82) is 0 Å². The van der Waals surface area contributed by atoms with Gasteiger partial charge in [-0.25, -0.2) is 4.79 Å². The molecule has 0 spiro atoms. The van der Waals surface area contributed by atoms with Gasteiger partial charge in [-0.2, -0.15) is 0 Å². The number of nitrogens with one attached hydrogen (secondary N) is 1. The predicted molar refractivity (Wildman–Crippen MR) is 85.1 cm³/mol. The second-order valence-corrected chi connectivity index (χ2v) is 5.79. The average Bonchev–Trinajstić information content (AvgIpc) is 2.53. The molecule has 3 rings (SSSR count). The van der Waals surface area contributed by atoms with E-state index in [1.54, 1.807) is 18.2 Å². The van der Waals surface area contributed by atoms with Crippen LogP contribution < -0.4 is 10.1 Å². The second kappa shape index (κ2) is 6.06. The van der Waals surface area contributed by atoms with Crippen LogP contribution in [-0.4, -0.2) is 34.3 Å².